The van der Waals surface area contributed by atoms with Gasteiger partial charge in [-0.25, -0.2) is 14.4 Å². The number of anilines is 1. The maximum absolute atomic E-state index is 14.3. The van der Waals surface area contributed by atoms with Crippen molar-refractivity contribution in [1.29, 1.82) is 0 Å². The van der Waals surface area contributed by atoms with E-state index in [0.29, 0.717) is 30.3 Å². The van der Waals surface area contributed by atoms with E-state index in [9.17, 15) is 14.6 Å². The van der Waals surface area contributed by atoms with Crippen LogP contribution in [-0.2, 0) is 6.54 Å². The third-order valence-electron chi connectivity index (χ3n) is 5.14. The second kappa shape index (κ2) is 7.10. The molecular weight excluding hydrogens is 363 g/mol. The molecular formula is C20H23FN4O3. The number of benzene rings is 1. The Morgan fingerprint density at radius 1 is 1.21 bits per heavy atom. The third kappa shape index (κ3) is 3.22. The average molecular weight is 386 g/mol. The standard InChI is InChI=1S/C20H23FN4O3/c1-10(2)28-17-5-13-12(4-14(17)21)7-22-19(13)15-6-18(24-9-23-15)25-8-16(26)20(27)11(25)3/h4-6,9-11,16,20,26-27H,7-8H2,1-3H3/t11-,16-,20-/m0/s1. The predicted octanol–water partition coefficient (Wildman–Crippen LogP) is 1.68. The highest BCUT2D eigenvalue weighted by atomic mass is 19.1. The van der Waals surface area contributed by atoms with Crippen molar-refractivity contribution < 1.29 is 19.3 Å². The van der Waals surface area contributed by atoms with Crippen LogP contribution in [0.25, 0.3) is 0 Å². The number of aliphatic imine (C=N–C) groups is 1. The first-order valence-electron chi connectivity index (χ1n) is 9.34. The normalized spacial score (nSPS) is 23.9. The summed E-state index contributed by atoms with van der Waals surface area (Å²) in [6.45, 7) is 6.19. The molecule has 3 atom stereocenters. The van der Waals surface area contributed by atoms with Gasteiger partial charge in [0.2, 0.25) is 0 Å². The molecule has 2 aliphatic heterocycles. The van der Waals surface area contributed by atoms with E-state index in [-0.39, 0.29) is 17.9 Å². The van der Waals surface area contributed by atoms with Gasteiger partial charge in [0.05, 0.1) is 36.2 Å². The van der Waals surface area contributed by atoms with Crippen molar-refractivity contribution in [3.05, 3.63) is 47.2 Å². The molecule has 1 aromatic heterocycles. The predicted molar refractivity (Wildman–Crippen MR) is 102 cm³/mol. The topological polar surface area (TPSA) is 91.1 Å². The van der Waals surface area contributed by atoms with Crippen molar-refractivity contribution in [2.75, 3.05) is 11.4 Å². The Kier molecular flexibility index (Phi) is 4.76. The first-order chi connectivity index (χ1) is 13.3. The summed E-state index contributed by atoms with van der Waals surface area (Å²) in [5.74, 6) is 0.392. The third-order valence-corrected chi connectivity index (χ3v) is 5.14. The molecule has 0 aliphatic carbocycles. The molecule has 8 heteroatoms. The van der Waals surface area contributed by atoms with Crippen LogP contribution in [-0.4, -0.2) is 56.8 Å². The van der Waals surface area contributed by atoms with Gasteiger partial charge >= 0.3 is 0 Å². The van der Waals surface area contributed by atoms with Crippen LogP contribution in [0.2, 0.25) is 0 Å². The van der Waals surface area contributed by atoms with E-state index in [0.717, 1.165) is 11.1 Å². The monoisotopic (exact) mass is 386 g/mol. The Morgan fingerprint density at radius 3 is 2.68 bits per heavy atom. The molecule has 0 unspecified atom stereocenters. The maximum Gasteiger partial charge on any atom is 0.165 e. The first kappa shape index (κ1) is 18.8. The SMILES string of the molecule is CC(C)Oc1cc2c(cc1F)CN=C2c1cc(N2C[C@H](O)[C@@H](O)[C@@H]2C)ncn1. The number of aromatic nitrogens is 2. The van der Waals surface area contributed by atoms with Crippen molar-refractivity contribution in [3.63, 3.8) is 0 Å². The molecule has 28 heavy (non-hydrogen) atoms. The summed E-state index contributed by atoms with van der Waals surface area (Å²) in [5.41, 5.74) is 2.83. The minimum Gasteiger partial charge on any atom is -0.488 e. The molecule has 4 rings (SSSR count). The molecule has 1 aromatic carbocycles. The van der Waals surface area contributed by atoms with Crippen molar-refractivity contribution in [2.45, 2.75) is 51.7 Å². The molecule has 7 nitrogen and oxygen atoms in total. The number of hydrogen-bond donors (Lipinski definition) is 2. The van der Waals surface area contributed by atoms with Gasteiger partial charge in [0.1, 0.15) is 18.2 Å². The van der Waals surface area contributed by atoms with E-state index in [4.69, 9.17) is 4.74 Å². The quantitative estimate of drug-likeness (QED) is 0.831. The molecule has 0 spiro atoms. The number of aliphatic hydroxyl groups excluding tert-OH is 2. The number of aliphatic hydroxyl groups is 2. The van der Waals surface area contributed by atoms with Gasteiger partial charge < -0.3 is 19.8 Å². The Hall–Kier alpha value is -2.58. The number of ether oxygens (including phenoxy) is 1. The number of β-amino-alcohol motifs (C(OH)–C–C–N with tert-alkyl or cyclic N) is 1. The van der Waals surface area contributed by atoms with E-state index >= 15 is 0 Å². The van der Waals surface area contributed by atoms with E-state index in [1.807, 2.05) is 25.7 Å². The highest BCUT2D eigenvalue weighted by Crippen LogP contribution is 2.31. The summed E-state index contributed by atoms with van der Waals surface area (Å²) in [5, 5.41) is 20.0. The molecule has 2 aromatic rings. The van der Waals surface area contributed by atoms with E-state index < -0.39 is 18.0 Å². The minimum absolute atomic E-state index is 0.144. The van der Waals surface area contributed by atoms with Crippen LogP contribution in [0, 0.1) is 5.82 Å². The van der Waals surface area contributed by atoms with Crippen LogP contribution in [0.4, 0.5) is 10.2 Å². The summed E-state index contributed by atoms with van der Waals surface area (Å²) in [6.07, 6.45) is -0.364. The fraction of sp³-hybridized carbons (Fsp3) is 0.450. The second-order valence-corrected chi connectivity index (χ2v) is 7.48. The highest BCUT2D eigenvalue weighted by Gasteiger charge is 2.37. The average Bonchev–Trinajstić information content (AvgIpc) is 3.17. The Labute approximate surface area is 162 Å². The molecule has 0 saturated carbocycles. The minimum atomic E-state index is -0.832. The fourth-order valence-corrected chi connectivity index (χ4v) is 3.68. The summed E-state index contributed by atoms with van der Waals surface area (Å²) in [4.78, 5) is 15.0. The van der Waals surface area contributed by atoms with Crippen molar-refractivity contribution >= 4 is 11.5 Å². The van der Waals surface area contributed by atoms with Crippen molar-refractivity contribution in [3.8, 4) is 5.75 Å². The van der Waals surface area contributed by atoms with Gasteiger partial charge in [-0.05, 0) is 38.5 Å². The zero-order valence-electron chi connectivity index (χ0n) is 16.0. The molecule has 2 aliphatic rings. The van der Waals surface area contributed by atoms with Crippen LogP contribution in [0.15, 0.2) is 29.5 Å². The molecule has 0 amide bonds. The molecule has 0 radical (unpaired) electrons. The summed E-state index contributed by atoms with van der Waals surface area (Å²) in [7, 11) is 0. The highest BCUT2D eigenvalue weighted by molar-refractivity contribution is 6.14. The van der Waals surface area contributed by atoms with Crippen LogP contribution in [0.5, 0.6) is 5.75 Å². The van der Waals surface area contributed by atoms with Gasteiger partial charge in [-0.3, -0.25) is 4.99 Å². The smallest absolute Gasteiger partial charge is 0.165 e. The second-order valence-electron chi connectivity index (χ2n) is 7.48. The van der Waals surface area contributed by atoms with Crippen LogP contribution >= 0.6 is 0 Å². The van der Waals surface area contributed by atoms with E-state index in [1.165, 1.54) is 12.4 Å². The lowest BCUT2D eigenvalue weighted by Gasteiger charge is -2.23. The molecule has 3 heterocycles. The zero-order chi connectivity index (χ0) is 20.0. The van der Waals surface area contributed by atoms with Gasteiger partial charge in [0, 0.05) is 18.2 Å². The van der Waals surface area contributed by atoms with Gasteiger partial charge in [-0.15, -0.1) is 0 Å². The largest absolute Gasteiger partial charge is 0.488 e. The van der Waals surface area contributed by atoms with Crippen LogP contribution < -0.4 is 9.64 Å². The van der Waals surface area contributed by atoms with Gasteiger partial charge in [0.25, 0.3) is 0 Å². The molecule has 1 fully saturated rings. The number of hydrogen-bond acceptors (Lipinski definition) is 7. The molecule has 2 N–H and O–H groups in total. The van der Waals surface area contributed by atoms with Crippen molar-refractivity contribution in [1.82, 2.24) is 9.97 Å². The molecule has 1 saturated heterocycles. The number of nitrogens with zero attached hydrogens (tertiary/aromatic N) is 4. The van der Waals surface area contributed by atoms with Crippen LogP contribution in [0.1, 0.15) is 37.6 Å². The summed E-state index contributed by atoms with van der Waals surface area (Å²) in [6, 6.07) is 4.64. The lowest BCUT2D eigenvalue weighted by molar-refractivity contribution is 0.0438. The summed E-state index contributed by atoms with van der Waals surface area (Å²) >= 11 is 0. The van der Waals surface area contributed by atoms with E-state index in [1.54, 1.807) is 12.1 Å². The number of fused-ring (bicyclic) bond motifs is 1. The lowest BCUT2D eigenvalue weighted by Crippen LogP contribution is -2.33. The lowest BCUT2D eigenvalue weighted by atomic mass is 10.0. The Balaban J connectivity index is 1.67. The Bertz CT molecular complexity index is 934. The van der Waals surface area contributed by atoms with Gasteiger partial charge in [-0.2, -0.15) is 0 Å². The Morgan fingerprint density at radius 2 is 2.00 bits per heavy atom. The number of rotatable bonds is 4. The fourth-order valence-electron chi connectivity index (χ4n) is 3.68. The van der Waals surface area contributed by atoms with Crippen molar-refractivity contribution in [2.24, 2.45) is 4.99 Å². The zero-order valence-corrected chi connectivity index (χ0v) is 16.0. The summed E-state index contributed by atoms with van der Waals surface area (Å²) < 4.78 is 19.8. The van der Waals surface area contributed by atoms with E-state index in [2.05, 4.69) is 15.0 Å². The maximum atomic E-state index is 14.3. The van der Waals surface area contributed by atoms with Crippen LogP contribution in [0.3, 0.4) is 0 Å². The molecule has 148 valence electrons. The molecule has 0 bridgehead atoms. The van der Waals surface area contributed by atoms with Gasteiger partial charge in [0.15, 0.2) is 11.6 Å². The van der Waals surface area contributed by atoms with Gasteiger partial charge in [-0.1, -0.05) is 0 Å². The first-order valence-corrected chi connectivity index (χ1v) is 9.34. The number of halogens is 1.